The van der Waals surface area contributed by atoms with Crippen LogP contribution in [0.1, 0.15) is 0 Å². The lowest BCUT2D eigenvalue weighted by molar-refractivity contribution is -0.199. The van der Waals surface area contributed by atoms with Crippen LogP contribution < -0.4 is 10.6 Å². The predicted octanol–water partition coefficient (Wildman–Crippen LogP) is 5.53. The summed E-state index contributed by atoms with van der Waals surface area (Å²) in [5.74, 6) is -1.87. The zero-order valence-electron chi connectivity index (χ0n) is 16.6. The molecule has 0 atom stereocenters. The predicted molar refractivity (Wildman–Crippen MR) is 121 cm³/mol. The van der Waals surface area contributed by atoms with E-state index in [9.17, 15) is 26.4 Å². The number of benzene rings is 3. The van der Waals surface area contributed by atoms with Crippen molar-refractivity contribution in [3.8, 4) is 11.1 Å². The van der Waals surface area contributed by atoms with Crippen molar-refractivity contribution in [2.24, 2.45) is 0 Å². The Hall–Kier alpha value is -3.31. The number of sulfonamides is 1. The number of halogens is 4. The van der Waals surface area contributed by atoms with E-state index in [1.54, 1.807) is 24.3 Å². The minimum Gasteiger partial charge on any atom is -0.340 e. The number of hydrogen-bond donors (Lipinski definition) is 2. The molecule has 0 saturated carbocycles. The fourth-order valence-electron chi connectivity index (χ4n) is 3.28. The zero-order valence-corrected chi connectivity index (χ0v) is 19.0. The summed E-state index contributed by atoms with van der Waals surface area (Å²) in [6.45, 7) is 0. The van der Waals surface area contributed by atoms with E-state index in [-0.39, 0.29) is 10.2 Å². The van der Waals surface area contributed by atoms with E-state index >= 15 is 0 Å². The minimum atomic E-state index is -5.30. The standard InChI is InChI=1S/C22H15BrF3N3O3S/c23-16-8-11-18-19(12-16)33(31,32)29(22(24,25)26)20(28-18)13-21(30)27-17-9-6-15(7-10-17)14-4-2-1-3-5-14/h1-13,28H,(H,27,30)/b20-13-. The van der Waals surface area contributed by atoms with Gasteiger partial charge in [-0.2, -0.15) is 4.31 Å². The fraction of sp³-hybridized carbons (Fsp3) is 0.0455. The van der Waals surface area contributed by atoms with E-state index in [0.29, 0.717) is 11.8 Å². The van der Waals surface area contributed by atoms with E-state index in [0.717, 1.165) is 17.2 Å². The molecule has 1 aliphatic heterocycles. The molecule has 170 valence electrons. The topological polar surface area (TPSA) is 78.5 Å². The first-order valence-corrected chi connectivity index (χ1v) is 11.7. The van der Waals surface area contributed by atoms with E-state index in [1.807, 2.05) is 30.3 Å². The van der Waals surface area contributed by atoms with Crippen LogP contribution in [-0.4, -0.2) is 24.9 Å². The monoisotopic (exact) mass is 537 g/mol. The molecule has 0 unspecified atom stereocenters. The van der Waals surface area contributed by atoms with Crippen molar-refractivity contribution >= 4 is 43.2 Å². The van der Waals surface area contributed by atoms with Gasteiger partial charge in [0.05, 0.1) is 5.69 Å². The number of carbonyl (C=O) groups is 1. The molecule has 6 nitrogen and oxygen atoms in total. The summed E-state index contributed by atoms with van der Waals surface area (Å²) in [5.41, 5.74) is 2.10. The third-order valence-electron chi connectivity index (χ3n) is 4.70. The van der Waals surface area contributed by atoms with Crippen LogP contribution in [0.15, 0.2) is 94.1 Å². The Morgan fingerprint density at radius 1 is 0.970 bits per heavy atom. The van der Waals surface area contributed by atoms with Crippen LogP contribution in [0.25, 0.3) is 11.1 Å². The lowest BCUT2D eigenvalue weighted by atomic mass is 10.1. The molecule has 11 heteroatoms. The van der Waals surface area contributed by atoms with Gasteiger partial charge in [0.2, 0.25) is 0 Å². The number of fused-ring (bicyclic) bond motifs is 1. The van der Waals surface area contributed by atoms with Crippen LogP contribution in [0.3, 0.4) is 0 Å². The van der Waals surface area contributed by atoms with Crippen molar-refractivity contribution in [2.75, 3.05) is 10.6 Å². The molecule has 0 aliphatic carbocycles. The second kappa shape index (κ2) is 8.56. The van der Waals surface area contributed by atoms with Crippen molar-refractivity contribution in [1.82, 2.24) is 4.31 Å². The number of amides is 1. The highest BCUT2D eigenvalue weighted by Gasteiger charge is 2.51. The molecule has 4 rings (SSSR count). The van der Waals surface area contributed by atoms with Gasteiger partial charge in [-0.05, 0) is 41.5 Å². The number of alkyl halides is 3. The largest absolute Gasteiger partial charge is 0.499 e. The fourth-order valence-corrected chi connectivity index (χ4v) is 5.29. The van der Waals surface area contributed by atoms with Gasteiger partial charge in [0.1, 0.15) is 10.7 Å². The summed E-state index contributed by atoms with van der Waals surface area (Å²) in [6, 6.07) is 20.0. The summed E-state index contributed by atoms with van der Waals surface area (Å²) >= 11 is 3.05. The summed E-state index contributed by atoms with van der Waals surface area (Å²) in [6.07, 6.45) is -4.74. The first kappa shape index (κ1) is 22.9. The van der Waals surface area contributed by atoms with Crippen molar-refractivity contribution in [3.63, 3.8) is 0 Å². The van der Waals surface area contributed by atoms with Crippen LogP contribution in [0.5, 0.6) is 0 Å². The second-order valence-corrected chi connectivity index (χ2v) is 9.64. The molecule has 0 saturated heterocycles. The van der Waals surface area contributed by atoms with E-state index in [4.69, 9.17) is 0 Å². The SMILES string of the molecule is O=C(/C=C1/Nc2ccc(Br)cc2S(=O)(=O)N1C(F)(F)F)Nc1ccc(-c2ccccc2)cc1. The van der Waals surface area contributed by atoms with Crippen LogP contribution in [0, 0.1) is 0 Å². The molecule has 33 heavy (non-hydrogen) atoms. The molecule has 0 fully saturated rings. The average molecular weight is 538 g/mol. The normalized spacial score (nSPS) is 16.1. The average Bonchev–Trinajstić information content (AvgIpc) is 2.74. The number of nitrogens with one attached hydrogen (secondary N) is 2. The molecule has 2 N–H and O–H groups in total. The van der Waals surface area contributed by atoms with Gasteiger partial charge in [0, 0.05) is 16.2 Å². The summed E-state index contributed by atoms with van der Waals surface area (Å²) in [5, 5.41) is 4.84. The van der Waals surface area contributed by atoms with E-state index in [2.05, 4.69) is 26.6 Å². The Kier molecular flexibility index (Phi) is 5.93. The first-order chi connectivity index (χ1) is 15.6. The molecule has 0 spiro atoms. The van der Waals surface area contributed by atoms with Crippen LogP contribution >= 0.6 is 15.9 Å². The number of nitrogens with zero attached hydrogens (tertiary/aromatic N) is 1. The highest BCUT2D eigenvalue weighted by Crippen LogP contribution is 2.41. The Morgan fingerprint density at radius 2 is 1.61 bits per heavy atom. The summed E-state index contributed by atoms with van der Waals surface area (Å²) in [7, 11) is -5.00. The van der Waals surface area contributed by atoms with Gasteiger partial charge in [0.25, 0.3) is 15.9 Å². The maximum atomic E-state index is 13.7. The Labute approximate surface area is 195 Å². The highest BCUT2D eigenvalue weighted by atomic mass is 79.9. The quantitative estimate of drug-likeness (QED) is 0.340. The highest BCUT2D eigenvalue weighted by molar-refractivity contribution is 9.10. The third kappa shape index (κ3) is 4.74. The van der Waals surface area contributed by atoms with Gasteiger partial charge in [-0.1, -0.05) is 58.4 Å². The minimum absolute atomic E-state index is 0.0787. The molecule has 1 amide bonds. The van der Waals surface area contributed by atoms with Crippen molar-refractivity contribution < 1.29 is 26.4 Å². The van der Waals surface area contributed by atoms with Crippen molar-refractivity contribution in [3.05, 3.63) is 89.2 Å². The van der Waals surface area contributed by atoms with Gasteiger partial charge < -0.3 is 10.6 Å². The Balaban J connectivity index is 1.63. The molecule has 1 heterocycles. The van der Waals surface area contributed by atoms with E-state index < -0.39 is 37.3 Å². The first-order valence-electron chi connectivity index (χ1n) is 9.42. The van der Waals surface area contributed by atoms with Crippen LogP contribution in [-0.2, 0) is 14.8 Å². The molecule has 1 aliphatic rings. The van der Waals surface area contributed by atoms with Gasteiger partial charge in [-0.3, -0.25) is 4.79 Å². The zero-order chi connectivity index (χ0) is 23.8. The molecule has 0 bridgehead atoms. The molecular formula is C22H15BrF3N3O3S. The van der Waals surface area contributed by atoms with Crippen LogP contribution in [0.4, 0.5) is 24.5 Å². The summed E-state index contributed by atoms with van der Waals surface area (Å²) < 4.78 is 66.0. The molecular weight excluding hydrogens is 523 g/mol. The maximum absolute atomic E-state index is 13.7. The Bertz CT molecular complexity index is 1340. The number of carbonyl (C=O) groups excluding carboxylic acids is 1. The maximum Gasteiger partial charge on any atom is 0.499 e. The van der Waals surface area contributed by atoms with Crippen LogP contribution in [0.2, 0.25) is 0 Å². The second-order valence-electron chi connectivity index (χ2n) is 6.96. The van der Waals surface area contributed by atoms with Gasteiger partial charge in [-0.15, -0.1) is 13.2 Å². The lowest BCUT2D eigenvalue weighted by Crippen LogP contribution is -2.47. The number of anilines is 2. The Morgan fingerprint density at radius 3 is 2.24 bits per heavy atom. The third-order valence-corrected chi connectivity index (χ3v) is 6.97. The summed E-state index contributed by atoms with van der Waals surface area (Å²) in [4.78, 5) is 11.9. The number of rotatable bonds is 3. The van der Waals surface area contributed by atoms with Gasteiger partial charge >= 0.3 is 6.30 Å². The number of hydrogen-bond acceptors (Lipinski definition) is 4. The molecule has 0 aromatic heterocycles. The lowest BCUT2D eigenvalue weighted by Gasteiger charge is -2.33. The van der Waals surface area contributed by atoms with Crippen molar-refractivity contribution in [2.45, 2.75) is 11.2 Å². The van der Waals surface area contributed by atoms with Gasteiger partial charge in [0.15, 0.2) is 0 Å². The van der Waals surface area contributed by atoms with E-state index in [1.165, 1.54) is 12.1 Å². The van der Waals surface area contributed by atoms with Crippen molar-refractivity contribution in [1.29, 1.82) is 0 Å². The van der Waals surface area contributed by atoms with Gasteiger partial charge in [-0.25, -0.2) is 8.42 Å². The molecule has 0 radical (unpaired) electrons. The molecule has 3 aromatic carbocycles. The molecule has 3 aromatic rings. The smallest absolute Gasteiger partial charge is 0.340 e.